The van der Waals surface area contributed by atoms with E-state index < -0.39 is 0 Å². The Kier molecular flexibility index (Phi) is 4.32. The minimum absolute atomic E-state index is 0.107. The first-order valence-electron chi connectivity index (χ1n) is 6.25. The molecule has 1 aliphatic rings. The Morgan fingerprint density at radius 3 is 2.53 bits per heavy atom. The van der Waals surface area contributed by atoms with Crippen molar-refractivity contribution in [3.63, 3.8) is 0 Å². The molecule has 0 aromatic rings. The second-order valence-electron chi connectivity index (χ2n) is 5.25. The van der Waals surface area contributed by atoms with E-state index in [0.717, 1.165) is 12.5 Å². The van der Waals surface area contributed by atoms with E-state index >= 15 is 0 Å². The van der Waals surface area contributed by atoms with Crippen molar-refractivity contribution in [2.75, 3.05) is 6.54 Å². The van der Waals surface area contributed by atoms with Crippen LogP contribution in [0.2, 0.25) is 0 Å². The Morgan fingerprint density at radius 1 is 1.40 bits per heavy atom. The molecule has 0 spiro atoms. The first-order chi connectivity index (χ1) is 6.97. The van der Waals surface area contributed by atoms with Gasteiger partial charge in [-0.15, -0.1) is 0 Å². The first-order valence-corrected chi connectivity index (χ1v) is 6.25. The van der Waals surface area contributed by atoms with E-state index in [1.807, 2.05) is 6.92 Å². The number of nitrogens with zero attached hydrogens (tertiary/aromatic N) is 1. The predicted octanol–water partition coefficient (Wildman–Crippen LogP) is 2.72. The number of carbonyl (C=O) groups excluding carboxylic acids is 1. The summed E-state index contributed by atoms with van der Waals surface area (Å²) in [7, 11) is 0. The third kappa shape index (κ3) is 2.81. The zero-order valence-electron chi connectivity index (χ0n) is 10.8. The third-order valence-corrected chi connectivity index (χ3v) is 3.96. The van der Waals surface area contributed by atoms with Crippen molar-refractivity contribution in [1.29, 1.82) is 0 Å². The molecule has 1 rings (SSSR count). The number of Topliss-reactive ketones (excluding diaryl/α,β-unsaturated/α-hetero) is 1. The van der Waals surface area contributed by atoms with Crippen LogP contribution in [0.3, 0.4) is 0 Å². The lowest BCUT2D eigenvalue weighted by Gasteiger charge is -2.43. The summed E-state index contributed by atoms with van der Waals surface area (Å²) in [6.07, 6.45) is 1.96. The highest BCUT2D eigenvalue weighted by Gasteiger charge is 2.33. The van der Waals surface area contributed by atoms with Gasteiger partial charge in [-0.3, -0.25) is 9.69 Å². The van der Waals surface area contributed by atoms with Gasteiger partial charge in [-0.1, -0.05) is 20.8 Å². The van der Waals surface area contributed by atoms with Gasteiger partial charge in [0.1, 0.15) is 5.78 Å². The van der Waals surface area contributed by atoms with Gasteiger partial charge in [-0.25, -0.2) is 0 Å². The lowest BCUT2D eigenvalue weighted by molar-refractivity contribution is -0.125. The summed E-state index contributed by atoms with van der Waals surface area (Å²) in [5.74, 6) is 1.81. The molecule has 0 aromatic carbocycles. The first kappa shape index (κ1) is 12.7. The number of piperidine rings is 1. The van der Waals surface area contributed by atoms with Gasteiger partial charge in [-0.05, 0) is 32.1 Å². The summed E-state index contributed by atoms with van der Waals surface area (Å²) < 4.78 is 0. The van der Waals surface area contributed by atoms with E-state index in [0.29, 0.717) is 24.2 Å². The molecule has 1 fully saturated rings. The molecule has 0 amide bonds. The van der Waals surface area contributed by atoms with Crippen molar-refractivity contribution in [3.8, 4) is 0 Å². The summed E-state index contributed by atoms with van der Waals surface area (Å²) in [4.78, 5) is 14.1. The van der Waals surface area contributed by atoms with Crippen LogP contribution in [-0.4, -0.2) is 29.3 Å². The molecule has 0 saturated carbocycles. The number of rotatable bonds is 3. The highest BCUT2D eigenvalue weighted by atomic mass is 16.1. The third-order valence-electron chi connectivity index (χ3n) is 3.96. The maximum atomic E-state index is 11.7. The van der Waals surface area contributed by atoms with Crippen molar-refractivity contribution >= 4 is 5.78 Å². The Labute approximate surface area is 94.0 Å². The van der Waals surface area contributed by atoms with Crippen molar-refractivity contribution in [1.82, 2.24) is 4.90 Å². The van der Waals surface area contributed by atoms with Crippen LogP contribution in [0.1, 0.15) is 47.5 Å². The molecule has 2 nitrogen and oxygen atoms in total. The number of hydrogen-bond donors (Lipinski definition) is 0. The molecule has 88 valence electrons. The fraction of sp³-hybridized carbons (Fsp3) is 0.923. The van der Waals surface area contributed by atoms with Gasteiger partial charge in [0.15, 0.2) is 0 Å². The molecule has 4 atom stereocenters. The minimum atomic E-state index is 0.107. The van der Waals surface area contributed by atoms with Gasteiger partial charge in [0.2, 0.25) is 0 Å². The maximum Gasteiger partial charge on any atom is 0.149 e. The van der Waals surface area contributed by atoms with Gasteiger partial charge < -0.3 is 0 Å². The summed E-state index contributed by atoms with van der Waals surface area (Å²) >= 11 is 0. The molecular weight excluding hydrogens is 186 g/mol. The Balaban J connectivity index is 2.70. The number of likely N-dealkylation sites (tertiary alicyclic amines) is 1. The molecule has 1 aliphatic heterocycles. The standard InChI is InChI=1S/C13H25NO/c1-6-13(15)12(5)14-8-9(2)7-10(3)11(14)4/h9-12H,6-8H2,1-5H3. The van der Waals surface area contributed by atoms with Crippen LogP contribution in [0.15, 0.2) is 0 Å². The Bertz CT molecular complexity index is 227. The van der Waals surface area contributed by atoms with E-state index in [4.69, 9.17) is 0 Å². The van der Waals surface area contributed by atoms with E-state index in [-0.39, 0.29) is 6.04 Å². The van der Waals surface area contributed by atoms with Gasteiger partial charge in [-0.2, -0.15) is 0 Å². The zero-order valence-corrected chi connectivity index (χ0v) is 10.8. The molecule has 0 radical (unpaired) electrons. The summed E-state index contributed by atoms with van der Waals surface area (Å²) in [5, 5.41) is 0. The average Bonchev–Trinajstić information content (AvgIpc) is 2.21. The van der Waals surface area contributed by atoms with Gasteiger partial charge >= 0.3 is 0 Å². The van der Waals surface area contributed by atoms with Crippen molar-refractivity contribution < 1.29 is 4.79 Å². The van der Waals surface area contributed by atoms with Crippen LogP contribution in [0, 0.1) is 11.8 Å². The molecule has 0 N–H and O–H groups in total. The summed E-state index contributed by atoms with van der Waals surface area (Å²) in [5.41, 5.74) is 0. The maximum absolute atomic E-state index is 11.7. The minimum Gasteiger partial charge on any atom is -0.298 e. The topological polar surface area (TPSA) is 20.3 Å². The van der Waals surface area contributed by atoms with Crippen molar-refractivity contribution in [2.24, 2.45) is 11.8 Å². The Morgan fingerprint density at radius 2 is 2.00 bits per heavy atom. The lowest BCUT2D eigenvalue weighted by atomic mass is 9.84. The predicted molar refractivity (Wildman–Crippen MR) is 63.9 cm³/mol. The molecule has 1 saturated heterocycles. The number of carbonyl (C=O) groups is 1. The fourth-order valence-corrected chi connectivity index (χ4v) is 2.75. The van der Waals surface area contributed by atoms with E-state index in [9.17, 15) is 4.79 Å². The SMILES string of the molecule is CCC(=O)C(C)N1CC(C)CC(C)C1C. The molecule has 1 heterocycles. The lowest BCUT2D eigenvalue weighted by Crippen LogP contribution is -2.52. The second-order valence-corrected chi connectivity index (χ2v) is 5.25. The van der Waals surface area contributed by atoms with Gasteiger partial charge in [0, 0.05) is 19.0 Å². The highest BCUT2D eigenvalue weighted by Crippen LogP contribution is 2.28. The molecule has 4 unspecified atom stereocenters. The monoisotopic (exact) mass is 211 g/mol. The number of ketones is 1. The molecule has 0 aliphatic carbocycles. The molecular formula is C13H25NO. The molecule has 0 bridgehead atoms. The molecule has 0 aromatic heterocycles. The van der Waals surface area contributed by atoms with Crippen LogP contribution >= 0.6 is 0 Å². The van der Waals surface area contributed by atoms with Crippen LogP contribution in [0.25, 0.3) is 0 Å². The van der Waals surface area contributed by atoms with Crippen molar-refractivity contribution in [3.05, 3.63) is 0 Å². The highest BCUT2D eigenvalue weighted by molar-refractivity contribution is 5.83. The van der Waals surface area contributed by atoms with E-state index in [2.05, 4.69) is 32.6 Å². The quantitative estimate of drug-likeness (QED) is 0.715. The average molecular weight is 211 g/mol. The normalized spacial score (nSPS) is 35.1. The zero-order chi connectivity index (χ0) is 11.6. The van der Waals surface area contributed by atoms with E-state index in [1.165, 1.54) is 6.42 Å². The molecule has 2 heteroatoms. The van der Waals surface area contributed by atoms with Crippen molar-refractivity contribution in [2.45, 2.75) is 59.5 Å². The van der Waals surface area contributed by atoms with Crippen LogP contribution in [-0.2, 0) is 4.79 Å². The van der Waals surface area contributed by atoms with Gasteiger partial charge in [0.25, 0.3) is 0 Å². The fourth-order valence-electron chi connectivity index (χ4n) is 2.75. The summed E-state index contributed by atoms with van der Waals surface area (Å²) in [6.45, 7) is 12.0. The van der Waals surface area contributed by atoms with Crippen LogP contribution in [0.4, 0.5) is 0 Å². The van der Waals surface area contributed by atoms with E-state index in [1.54, 1.807) is 0 Å². The van der Waals surface area contributed by atoms with Crippen LogP contribution < -0.4 is 0 Å². The molecule has 15 heavy (non-hydrogen) atoms. The summed E-state index contributed by atoms with van der Waals surface area (Å²) in [6, 6.07) is 0.655. The largest absolute Gasteiger partial charge is 0.298 e. The van der Waals surface area contributed by atoms with Gasteiger partial charge in [0.05, 0.1) is 6.04 Å². The Hall–Kier alpha value is -0.370. The van der Waals surface area contributed by atoms with Crippen LogP contribution in [0.5, 0.6) is 0 Å². The second kappa shape index (κ2) is 5.11. The number of hydrogen-bond acceptors (Lipinski definition) is 2. The smallest absolute Gasteiger partial charge is 0.149 e.